The minimum absolute atomic E-state index is 0.0625. The Morgan fingerprint density at radius 1 is 1.29 bits per heavy atom. The van der Waals surface area contributed by atoms with Crippen LogP contribution in [0.15, 0.2) is 12.1 Å². The summed E-state index contributed by atoms with van der Waals surface area (Å²) in [6.45, 7) is 6.95. The Hall–Kier alpha value is -2.11. The maximum atomic E-state index is 12.0. The molecule has 2 amide bonds. The molecule has 1 aromatic heterocycles. The number of carbonyl (C=O) groups is 2. The van der Waals surface area contributed by atoms with Gasteiger partial charge in [-0.1, -0.05) is 20.8 Å². The van der Waals surface area contributed by atoms with Crippen molar-refractivity contribution in [1.82, 2.24) is 15.6 Å². The van der Waals surface area contributed by atoms with Gasteiger partial charge in [-0.15, -0.1) is 0 Å². The summed E-state index contributed by atoms with van der Waals surface area (Å²) in [5, 5.41) is 5.52. The predicted octanol–water partition coefficient (Wildman–Crippen LogP) is 1.12. The Bertz CT molecular complexity index is 500. The molecule has 4 N–H and O–H groups in total. The summed E-state index contributed by atoms with van der Waals surface area (Å²) in [4.78, 5) is 27.6. The van der Waals surface area contributed by atoms with Crippen LogP contribution in [-0.4, -0.2) is 29.9 Å². The lowest BCUT2D eigenvalue weighted by atomic mass is 10.2. The van der Waals surface area contributed by atoms with Crippen molar-refractivity contribution in [1.29, 1.82) is 0 Å². The first kappa shape index (κ1) is 16.9. The number of aromatic nitrogens is 1. The zero-order valence-electron chi connectivity index (χ0n) is 12.9. The van der Waals surface area contributed by atoms with E-state index in [1.807, 2.05) is 20.8 Å². The minimum Gasteiger partial charge on any atom is -0.384 e. The molecule has 0 aromatic carbocycles. The Balaban J connectivity index is 2.44. The SMILES string of the molecule is CCc1cc(C(=O)NCCC(=O)NCC(C)C)cc(N)n1. The molecule has 0 saturated heterocycles. The second-order valence-electron chi connectivity index (χ2n) is 5.33. The van der Waals surface area contributed by atoms with Crippen LogP contribution >= 0.6 is 0 Å². The van der Waals surface area contributed by atoms with E-state index in [4.69, 9.17) is 5.73 Å². The number of nitrogens with one attached hydrogen (secondary N) is 2. The first-order valence-electron chi connectivity index (χ1n) is 7.23. The van der Waals surface area contributed by atoms with Crippen molar-refractivity contribution in [2.75, 3.05) is 18.8 Å². The third-order valence-corrected chi connectivity index (χ3v) is 2.87. The lowest BCUT2D eigenvalue weighted by Crippen LogP contribution is -2.32. The molecule has 0 aliphatic heterocycles. The van der Waals surface area contributed by atoms with E-state index in [-0.39, 0.29) is 18.2 Å². The third kappa shape index (κ3) is 6.25. The van der Waals surface area contributed by atoms with Crippen LogP contribution < -0.4 is 16.4 Å². The number of nitrogens with two attached hydrogens (primary N) is 1. The molecule has 6 heteroatoms. The standard InChI is InChI=1S/C15H24N4O2/c1-4-12-7-11(8-13(16)19-12)15(21)17-6-5-14(20)18-9-10(2)3/h7-8,10H,4-6,9H2,1-3H3,(H2,16,19)(H,17,21)(H,18,20). The average Bonchev–Trinajstić information content (AvgIpc) is 2.44. The van der Waals surface area contributed by atoms with Crippen LogP contribution in [0.4, 0.5) is 5.82 Å². The van der Waals surface area contributed by atoms with Gasteiger partial charge in [0.05, 0.1) is 0 Å². The van der Waals surface area contributed by atoms with Gasteiger partial charge in [0.15, 0.2) is 0 Å². The topological polar surface area (TPSA) is 97.1 Å². The van der Waals surface area contributed by atoms with Gasteiger partial charge in [-0.3, -0.25) is 9.59 Å². The number of rotatable bonds is 7. The lowest BCUT2D eigenvalue weighted by Gasteiger charge is -2.09. The molecule has 0 fully saturated rings. The second-order valence-corrected chi connectivity index (χ2v) is 5.33. The van der Waals surface area contributed by atoms with E-state index in [2.05, 4.69) is 15.6 Å². The van der Waals surface area contributed by atoms with E-state index in [0.29, 0.717) is 36.8 Å². The zero-order chi connectivity index (χ0) is 15.8. The van der Waals surface area contributed by atoms with Crippen molar-refractivity contribution in [2.24, 2.45) is 5.92 Å². The fraction of sp³-hybridized carbons (Fsp3) is 0.533. The number of hydrogen-bond donors (Lipinski definition) is 3. The normalized spacial score (nSPS) is 10.5. The van der Waals surface area contributed by atoms with Gasteiger partial charge < -0.3 is 16.4 Å². The molecule has 116 valence electrons. The molecule has 21 heavy (non-hydrogen) atoms. The smallest absolute Gasteiger partial charge is 0.251 e. The molecule has 0 unspecified atom stereocenters. The van der Waals surface area contributed by atoms with Gasteiger partial charge in [0.25, 0.3) is 5.91 Å². The Morgan fingerprint density at radius 2 is 2.00 bits per heavy atom. The summed E-state index contributed by atoms with van der Waals surface area (Å²) in [7, 11) is 0. The van der Waals surface area contributed by atoms with Gasteiger partial charge in [0, 0.05) is 30.8 Å². The third-order valence-electron chi connectivity index (χ3n) is 2.87. The molecule has 0 radical (unpaired) electrons. The molecule has 0 spiro atoms. The maximum Gasteiger partial charge on any atom is 0.251 e. The highest BCUT2D eigenvalue weighted by Gasteiger charge is 2.09. The first-order chi connectivity index (χ1) is 9.92. The molecule has 0 bridgehead atoms. The Kier molecular flexibility index (Phi) is 6.65. The molecular weight excluding hydrogens is 268 g/mol. The van der Waals surface area contributed by atoms with E-state index >= 15 is 0 Å². The Morgan fingerprint density at radius 3 is 2.62 bits per heavy atom. The largest absolute Gasteiger partial charge is 0.384 e. The van der Waals surface area contributed by atoms with Gasteiger partial charge in [0.1, 0.15) is 5.82 Å². The van der Waals surface area contributed by atoms with Crippen LogP contribution in [-0.2, 0) is 11.2 Å². The summed E-state index contributed by atoms with van der Waals surface area (Å²) in [6, 6.07) is 3.25. The van der Waals surface area contributed by atoms with Crippen LogP contribution in [0, 0.1) is 5.92 Å². The highest BCUT2D eigenvalue weighted by molar-refractivity contribution is 5.95. The quantitative estimate of drug-likeness (QED) is 0.701. The molecule has 1 aromatic rings. The monoisotopic (exact) mass is 292 g/mol. The average molecular weight is 292 g/mol. The van der Waals surface area contributed by atoms with Crippen LogP contribution in [0.2, 0.25) is 0 Å². The first-order valence-corrected chi connectivity index (χ1v) is 7.23. The molecule has 6 nitrogen and oxygen atoms in total. The molecule has 0 aliphatic rings. The molecule has 0 aliphatic carbocycles. The molecule has 0 atom stereocenters. The number of amides is 2. The summed E-state index contributed by atoms with van der Waals surface area (Å²) < 4.78 is 0. The fourth-order valence-corrected chi connectivity index (χ4v) is 1.72. The van der Waals surface area contributed by atoms with E-state index in [9.17, 15) is 9.59 Å². The molecule has 1 rings (SSSR count). The summed E-state index contributed by atoms with van der Waals surface area (Å²) in [5.74, 6) is 0.438. The summed E-state index contributed by atoms with van der Waals surface area (Å²) in [5.41, 5.74) is 6.91. The number of nitrogens with zero attached hydrogens (tertiary/aromatic N) is 1. The number of aryl methyl sites for hydroxylation is 1. The lowest BCUT2D eigenvalue weighted by molar-refractivity contribution is -0.121. The fourth-order valence-electron chi connectivity index (χ4n) is 1.72. The van der Waals surface area contributed by atoms with E-state index in [1.54, 1.807) is 6.07 Å². The van der Waals surface area contributed by atoms with Gasteiger partial charge in [0.2, 0.25) is 5.91 Å². The van der Waals surface area contributed by atoms with E-state index < -0.39 is 0 Å². The number of anilines is 1. The van der Waals surface area contributed by atoms with Gasteiger partial charge in [-0.25, -0.2) is 4.98 Å². The number of hydrogen-bond acceptors (Lipinski definition) is 4. The van der Waals surface area contributed by atoms with Gasteiger partial charge in [-0.05, 0) is 24.5 Å². The second kappa shape index (κ2) is 8.24. The Labute approximate surface area is 125 Å². The molecular formula is C15H24N4O2. The predicted molar refractivity (Wildman–Crippen MR) is 82.8 cm³/mol. The number of pyridine rings is 1. The van der Waals surface area contributed by atoms with Crippen molar-refractivity contribution in [3.63, 3.8) is 0 Å². The van der Waals surface area contributed by atoms with Gasteiger partial charge in [-0.2, -0.15) is 0 Å². The van der Waals surface area contributed by atoms with Crippen LogP contribution in [0.5, 0.6) is 0 Å². The van der Waals surface area contributed by atoms with Crippen molar-refractivity contribution >= 4 is 17.6 Å². The van der Waals surface area contributed by atoms with Crippen molar-refractivity contribution in [2.45, 2.75) is 33.6 Å². The number of nitrogen functional groups attached to an aromatic ring is 1. The van der Waals surface area contributed by atoms with Crippen LogP contribution in [0.3, 0.4) is 0 Å². The van der Waals surface area contributed by atoms with Crippen LogP contribution in [0.1, 0.15) is 43.2 Å². The summed E-state index contributed by atoms with van der Waals surface area (Å²) in [6.07, 6.45) is 0.975. The van der Waals surface area contributed by atoms with Crippen molar-refractivity contribution in [3.05, 3.63) is 23.4 Å². The van der Waals surface area contributed by atoms with E-state index in [1.165, 1.54) is 6.07 Å². The van der Waals surface area contributed by atoms with E-state index in [0.717, 1.165) is 5.69 Å². The van der Waals surface area contributed by atoms with Crippen LogP contribution in [0.25, 0.3) is 0 Å². The van der Waals surface area contributed by atoms with Gasteiger partial charge >= 0.3 is 0 Å². The maximum absolute atomic E-state index is 12.0. The minimum atomic E-state index is -0.240. The zero-order valence-corrected chi connectivity index (χ0v) is 12.9. The highest BCUT2D eigenvalue weighted by atomic mass is 16.2. The number of carbonyl (C=O) groups excluding carboxylic acids is 2. The molecule has 1 heterocycles. The van der Waals surface area contributed by atoms with Crippen molar-refractivity contribution in [3.8, 4) is 0 Å². The molecule has 0 saturated carbocycles. The summed E-state index contributed by atoms with van der Waals surface area (Å²) >= 11 is 0. The van der Waals surface area contributed by atoms with Crippen molar-refractivity contribution < 1.29 is 9.59 Å². The highest BCUT2D eigenvalue weighted by Crippen LogP contribution is 2.08.